The first-order chi connectivity index (χ1) is 11.6. The molecular formula is C16H21N3O4S2. The summed E-state index contributed by atoms with van der Waals surface area (Å²) in [6.07, 6.45) is 2.91. The van der Waals surface area contributed by atoms with Gasteiger partial charge in [-0.05, 0) is 43.2 Å². The summed E-state index contributed by atoms with van der Waals surface area (Å²) in [5.74, 6) is 0.107. The van der Waals surface area contributed by atoms with E-state index in [9.17, 15) is 16.8 Å². The Labute approximate surface area is 148 Å². The summed E-state index contributed by atoms with van der Waals surface area (Å²) in [5.41, 5.74) is 0.342. The predicted octanol–water partition coefficient (Wildman–Crippen LogP) is 2.21. The molecule has 0 aliphatic heterocycles. The van der Waals surface area contributed by atoms with E-state index < -0.39 is 20.0 Å². The van der Waals surface area contributed by atoms with Crippen molar-refractivity contribution in [1.82, 2.24) is 9.71 Å². The number of aromatic nitrogens is 1. The average molecular weight is 383 g/mol. The Kier molecular flexibility index (Phi) is 5.81. The van der Waals surface area contributed by atoms with Crippen LogP contribution in [0.4, 0.5) is 5.69 Å². The molecule has 1 aromatic carbocycles. The van der Waals surface area contributed by atoms with E-state index in [0.717, 1.165) is 6.07 Å². The zero-order valence-electron chi connectivity index (χ0n) is 14.2. The Bertz CT molecular complexity index is 927. The van der Waals surface area contributed by atoms with Gasteiger partial charge in [0.05, 0.1) is 15.5 Å². The Morgan fingerprint density at radius 2 is 1.44 bits per heavy atom. The summed E-state index contributed by atoms with van der Waals surface area (Å²) in [6.45, 7) is 5.55. The molecule has 1 atom stereocenters. The average Bonchev–Trinajstić information content (AvgIpc) is 2.55. The maximum atomic E-state index is 12.5. The second kappa shape index (κ2) is 7.51. The van der Waals surface area contributed by atoms with Gasteiger partial charge in [-0.25, -0.2) is 21.6 Å². The van der Waals surface area contributed by atoms with E-state index in [1.54, 1.807) is 6.92 Å². The molecular weight excluding hydrogens is 362 g/mol. The molecule has 0 bridgehead atoms. The maximum absolute atomic E-state index is 12.5. The molecule has 2 aromatic rings. The molecule has 25 heavy (non-hydrogen) atoms. The largest absolute Gasteiger partial charge is 0.280 e. The molecule has 7 nitrogen and oxygen atoms in total. The van der Waals surface area contributed by atoms with Crippen molar-refractivity contribution in [2.24, 2.45) is 5.92 Å². The van der Waals surface area contributed by atoms with Gasteiger partial charge in [-0.1, -0.05) is 19.9 Å². The first-order valence-corrected chi connectivity index (χ1v) is 10.6. The summed E-state index contributed by atoms with van der Waals surface area (Å²) in [7, 11) is -7.72. The van der Waals surface area contributed by atoms with Crippen molar-refractivity contribution in [3.8, 4) is 0 Å². The van der Waals surface area contributed by atoms with Crippen molar-refractivity contribution in [3.05, 3.63) is 48.8 Å². The van der Waals surface area contributed by atoms with Crippen molar-refractivity contribution in [2.45, 2.75) is 36.6 Å². The third-order valence-corrected chi connectivity index (χ3v) is 6.64. The third-order valence-electron chi connectivity index (χ3n) is 3.70. The second-order valence-electron chi connectivity index (χ2n) is 5.97. The summed E-state index contributed by atoms with van der Waals surface area (Å²) in [4.78, 5) is 3.58. The number of benzene rings is 1. The second-order valence-corrected chi connectivity index (χ2v) is 9.37. The van der Waals surface area contributed by atoms with E-state index in [-0.39, 0.29) is 21.8 Å². The lowest BCUT2D eigenvalue weighted by Gasteiger charge is -2.18. The van der Waals surface area contributed by atoms with Gasteiger partial charge in [-0.15, -0.1) is 0 Å². The van der Waals surface area contributed by atoms with Crippen molar-refractivity contribution in [3.63, 3.8) is 0 Å². The van der Waals surface area contributed by atoms with Gasteiger partial charge in [-0.3, -0.25) is 9.71 Å². The van der Waals surface area contributed by atoms with Crippen LogP contribution in [0.5, 0.6) is 0 Å². The third kappa shape index (κ3) is 5.00. The first kappa shape index (κ1) is 19.4. The molecule has 0 fully saturated rings. The molecule has 0 aliphatic carbocycles. The van der Waals surface area contributed by atoms with E-state index >= 15 is 0 Å². The molecule has 0 aliphatic rings. The van der Waals surface area contributed by atoms with Crippen LogP contribution in [0.3, 0.4) is 0 Å². The van der Waals surface area contributed by atoms with E-state index in [1.807, 2.05) is 13.8 Å². The Balaban J connectivity index is 2.32. The number of sulfonamides is 2. The van der Waals surface area contributed by atoms with Crippen molar-refractivity contribution >= 4 is 25.7 Å². The Morgan fingerprint density at radius 3 is 2.00 bits per heavy atom. The molecule has 136 valence electrons. The fraction of sp³-hybridized carbons (Fsp3) is 0.312. The lowest BCUT2D eigenvalue weighted by molar-refractivity contribution is 0.476. The molecule has 1 aromatic heterocycles. The van der Waals surface area contributed by atoms with Crippen LogP contribution in [-0.2, 0) is 20.0 Å². The van der Waals surface area contributed by atoms with Crippen LogP contribution < -0.4 is 9.44 Å². The lowest BCUT2D eigenvalue weighted by atomic mass is 10.1. The first-order valence-electron chi connectivity index (χ1n) is 7.67. The molecule has 0 saturated carbocycles. The van der Waals surface area contributed by atoms with Gasteiger partial charge in [0.2, 0.25) is 10.0 Å². The highest BCUT2D eigenvalue weighted by molar-refractivity contribution is 7.93. The minimum absolute atomic E-state index is 0.0994. The van der Waals surface area contributed by atoms with Crippen LogP contribution in [0, 0.1) is 5.92 Å². The highest BCUT2D eigenvalue weighted by Gasteiger charge is 2.22. The SMILES string of the molecule is CC(C)[C@@H](C)NS(=O)(=O)c1cccc(S(=O)(=O)Nc2ccncc2)c1. The van der Waals surface area contributed by atoms with Crippen LogP contribution in [0.25, 0.3) is 0 Å². The minimum Gasteiger partial charge on any atom is -0.280 e. The zero-order chi connectivity index (χ0) is 18.7. The van der Waals surface area contributed by atoms with Gasteiger partial charge in [0, 0.05) is 18.4 Å². The zero-order valence-corrected chi connectivity index (χ0v) is 15.8. The molecule has 0 saturated heterocycles. The van der Waals surface area contributed by atoms with Crippen molar-refractivity contribution < 1.29 is 16.8 Å². The van der Waals surface area contributed by atoms with E-state index in [4.69, 9.17) is 0 Å². The van der Waals surface area contributed by atoms with Crippen LogP contribution >= 0.6 is 0 Å². The van der Waals surface area contributed by atoms with Gasteiger partial charge in [0.1, 0.15) is 0 Å². The number of hydrogen-bond acceptors (Lipinski definition) is 5. The minimum atomic E-state index is -3.91. The number of nitrogens with zero attached hydrogens (tertiary/aromatic N) is 1. The normalized spacial score (nSPS) is 13.6. The highest BCUT2D eigenvalue weighted by atomic mass is 32.2. The molecule has 2 N–H and O–H groups in total. The number of rotatable bonds is 7. The Morgan fingerprint density at radius 1 is 0.880 bits per heavy atom. The number of anilines is 1. The van der Waals surface area contributed by atoms with Crippen LogP contribution in [-0.4, -0.2) is 27.9 Å². The smallest absolute Gasteiger partial charge is 0.261 e. The topological polar surface area (TPSA) is 105 Å². The summed E-state index contributed by atoms with van der Waals surface area (Å²) in [6, 6.07) is 7.97. The maximum Gasteiger partial charge on any atom is 0.261 e. The molecule has 0 amide bonds. The predicted molar refractivity (Wildman–Crippen MR) is 96.1 cm³/mol. The Hall–Kier alpha value is -1.97. The number of nitrogens with one attached hydrogen (secondary N) is 2. The number of pyridine rings is 1. The van der Waals surface area contributed by atoms with Gasteiger partial charge in [0.15, 0.2) is 0 Å². The van der Waals surface area contributed by atoms with Gasteiger partial charge >= 0.3 is 0 Å². The van der Waals surface area contributed by atoms with E-state index in [2.05, 4.69) is 14.4 Å². The monoisotopic (exact) mass is 383 g/mol. The van der Waals surface area contributed by atoms with Crippen molar-refractivity contribution in [1.29, 1.82) is 0 Å². The van der Waals surface area contributed by atoms with Crippen LogP contribution in [0.2, 0.25) is 0 Å². The van der Waals surface area contributed by atoms with Crippen molar-refractivity contribution in [2.75, 3.05) is 4.72 Å². The molecule has 0 radical (unpaired) electrons. The fourth-order valence-corrected chi connectivity index (χ4v) is 4.51. The molecule has 9 heteroatoms. The van der Waals surface area contributed by atoms with Crippen LogP contribution in [0.15, 0.2) is 58.6 Å². The van der Waals surface area contributed by atoms with Gasteiger partial charge < -0.3 is 0 Å². The lowest BCUT2D eigenvalue weighted by Crippen LogP contribution is -2.36. The fourth-order valence-electron chi connectivity index (χ4n) is 1.89. The molecule has 0 unspecified atom stereocenters. The van der Waals surface area contributed by atoms with Gasteiger partial charge in [0.25, 0.3) is 10.0 Å². The standard InChI is InChI=1S/C16H21N3O4S2/c1-12(2)13(3)18-24(20,21)15-5-4-6-16(11-15)25(22,23)19-14-7-9-17-10-8-14/h4-13,18H,1-3H3,(H,17,19)/t13-/m1/s1. The molecule has 0 spiro atoms. The summed E-state index contributed by atoms with van der Waals surface area (Å²) >= 11 is 0. The molecule has 2 rings (SSSR count). The number of hydrogen-bond donors (Lipinski definition) is 2. The van der Waals surface area contributed by atoms with Gasteiger partial charge in [-0.2, -0.15) is 0 Å². The highest BCUT2D eigenvalue weighted by Crippen LogP contribution is 2.19. The quantitative estimate of drug-likeness (QED) is 0.762. The molecule has 1 heterocycles. The van der Waals surface area contributed by atoms with E-state index in [0.29, 0.717) is 5.69 Å². The summed E-state index contributed by atoms with van der Waals surface area (Å²) < 4.78 is 54.8. The van der Waals surface area contributed by atoms with Crippen LogP contribution in [0.1, 0.15) is 20.8 Å². The summed E-state index contributed by atoms with van der Waals surface area (Å²) in [5, 5.41) is 0. The van der Waals surface area contributed by atoms with E-state index in [1.165, 1.54) is 42.7 Å².